The lowest BCUT2D eigenvalue weighted by atomic mass is 10.2. The summed E-state index contributed by atoms with van der Waals surface area (Å²) in [6.07, 6.45) is -0.381. The first-order valence-electron chi connectivity index (χ1n) is 11.1. The summed E-state index contributed by atoms with van der Waals surface area (Å²) in [5.41, 5.74) is -0.280. The highest BCUT2D eigenvalue weighted by Crippen LogP contribution is 2.35. The van der Waals surface area contributed by atoms with E-state index in [-0.39, 0.29) is 25.9 Å². The van der Waals surface area contributed by atoms with Crippen molar-refractivity contribution in [1.82, 2.24) is 29.7 Å². The number of halogens is 6. The Balaban J connectivity index is 1.37. The van der Waals surface area contributed by atoms with Gasteiger partial charge in [-0.15, -0.1) is 0 Å². The molecule has 0 aliphatic carbocycles. The van der Waals surface area contributed by atoms with Gasteiger partial charge in [0.2, 0.25) is 0 Å². The van der Waals surface area contributed by atoms with E-state index in [1.165, 1.54) is 25.3 Å². The fraction of sp³-hybridized carbons (Fsp3) is 0.400. The van der Waals surface area contributed by atoms with E-state index in [9.17, 15) is 22.1 Å². The van der Waals surface area contributed by atoms with Gasteiger partial charge in [-0.1, -0.05) is 23.2 Å². The van der Waals surface area contributed by atoms with Gasteiger partial charge in [0.25, 0.3) is 12.2 Å². The molecular formula is C20H21Cl2F4N8O3P. The summed E-state index contributed by atoms with van der Waals surface area (Å²) in [6, 6.07) is 0. The maximum atomic E-state index is 13.0. The fourth-order valence-corrected chi connectivity index (χ4v) is 5.02. The van der Waals surface area contributed by atoms with Crippen molar-refractivity contribution in [1.29, 1.82) is 0 Å². The molecular weight excluding hydrogens is 578 g/mol. The molecule has 2 N–H and O–H groups in total. The van der Waals surface area contributed by atoms with Crippen LogP contribution in [0.4, 0.5) is 29.2 Å². The number of hydrogen-bond donors (Lipinski definition) is 2. The molecule has 0 amide bonds. The Kier molecular flexibility index (Phi) is 9.60. The molecule has 2 aromatic rings. The topological polar surface area (TPSA) is 120 Å². The van der Waals surface area contributed by atoms with E-state index in [1.807, 2.05) is 0 Å². The van der Waals surface area contributed by atoms with Crippen molar-refractivity contribution in [2.45, 2.75) is 49.1 Å². The second-order valence-electron chi connectivity index (χ2n) is 7.92. The van der Waals surface area contributed by atoms with E-state index in [4.69, 9.17) is 32.2 Å². The Morgan fingerprint density at radius 1 is 0.895 bits per heavy atom. The Labute approximate surface area is 224 Å². The first-order valence-corrected chi connectivity index (χ1v) is 13.2. The van der Waals surface area contributed by atoms with Gasteiger partial charge in [-0.2, -0.15) is 17.6 Å². The van der Waals surface area contributed by atoms with Crippen LogP contribution in [0.1, 0.15) is 35.2 Å². The van der Waals surface area contributed by atoms with Gasteiger partial charge < -0.3 is 28.8 Å². The van der Waals surface area contributed by atoms with Crippen molar-refractivity contribution in [2.75, 3.05) is 0 Å². The molecule has 0 radical (unpaired) electrons. The summed E-state index contributed by atoms with van der Waals surface area (Å²) < 4.78 is 78.2. The van der Waals surface area contributed by atoms with E-state index < -0.39 is 43.6 Å². The highest BCUT2D eigenvalue weighted by Gasteiger charge is 2.24. The van der Waals surface area contributed by atoms with E-state index in [0.29, 0.717) is 35.2 Å². The van der Waals surface area contributed by atoms with Crippen LogP contribution in [0.5, 0.6) is 0 Å². The van der Waals surface area contributed by atoms with Crippen LogP contribution >= 0.6 is 31.5 Å². The van der Waals surface area contributed by atoms with E-state index in [2.05, 4.69) is 30.6 Å². The van der Waals surface area contributed by atoms with Crippen molar-refractivity contribution in [3.05, 3.63) is 48.4 Å². The maximum absolute atomic E-state index is 13.0. The maximum Gasteiger partial charge on any atom is 0.320 e. The summed E-state index contributed by atoms with van der Waals surface area (Å²) in [5.74, 6) is 0.865. The predicted octanol–water partition coefficient (Wildman–Crippen LogP) is 5.28. The van der Waals surface area contributed by atoms with Crippen molar-refractivity contribution in [3.8, 4) is 0 Å². The van der Waals surface area contributed by atoms with Crippen molar-refractivity contribution in [3.63, 3.8) is 0 Å². The van der Waals surface area contributed by atoms with E-state index in [1.54, 1.807) is 9.13 Å². The van der Waals surface area contributed by atoms with Crippen LogP contribution in [0, 0.1) is 0 Å². The number of imidazole rings is 2. The smallest absolute Gasteiger partial charge is 0.320 e. The molecule has 0 fully saturated rings. The molecule has 2 aromatic heterocycles. The molecule has 4 atom stereocenters. The van der Waals surface area contributed by atoms with Crippen LogP contribution in [0.25, 0.3) is 0 Å². The Morgan fingerprint density at radius 3 is 1.71 bits per heavy atom. The normalized spacial score (nSPS) is 19.9. The van der Waals surface area contributed by atoms with Crippen molar-refractivity contribution < 1.29 is 31.2 Å². The number of alkyl halides is 2. The summed E-state index contributed by atoms with van der Waals surface area (Å²) in [5, 5.41) is 5.54. The fourth-order valence-electron chi connectivity index (χ4n) is 3.68. The van der Waals surface area contributed by atoms with Crippen molar-refractivity contribution >= 4 is 55.8 Å². The van der Waals surface area contributed by atoms with Crippen LogP contribution < -0.4 is 10.6 Å². The third-order valence-corrected chi connectivity index (χ3v) is 7.05. The summed E-state index contributed by atoms with van der Waals surface area (Å²) >= 11 is 12.2. The summed E-state index contributed by atoms with van der Waals surface area (Å²) in [7, 11) is -3.49. The highest BCUT2D eigenvalue weighted by atomic mass is 35.5. The molecule has 0 bridgehead atoms. The van der Waals surface area contributed by atoms with Gasteiger partial charge in [0, 0.05) is 25.2 Å². The molecule has 0 saturated carbocycles. The molecule has 0 saturated heterocycles. The summed E-state index contributed by atoms with van der Waals surface area (Å²) in [6.45, 7) is 0.218. The SMILES string of the molecule is O=[PH](OC(C=C(F)F)CCn1cnc2c1N=CNC2Cl)OC(C=C(F)F)CCn1cnc2c1N=CNC2Cl. The third kappa shape index (κ3) is 7.23. The van der Waals surface area contributed by atoms with Crippen LogP contribution in [0.15, 0.2) is 47.0 Å². The molecule has 2 aliphatic rings. The number of rotatable bonds is 12. The minimum atomic E-state index is -3.49. The van der Waals surface area contributed by atoms with Gasteiger partial charge in [-0.25, -0.2) is 20.0 Å². The molecule has 206 valence electrons. The molecule has 11 nitrogen and oxygen atoms in total. The van der Waals surface area contributed by atoms with E-state index in [0.717, 1.165) is 0 Å². The van der Waals surface area contributed by atoms with Gasteiger partial charge in [0.05, 0.1) is 37.5 Å². The third-order valence-electron chi connectivity index (χ3n) is 5.40. The molecule has 0 spiro atoms. The molecule has 38 heavy (non-hydrogen) atoms. The number of nitrogens with one attached hydrogen (secondary N) is 2. The number of hydrogen-bond acceptors (Lipinski definition) is 9. The Morgan fingerprint density at radius 2 is 1.32 bits per heavy atom. The van der Waals surface area contributed by atoms with Crippen LogP contribution in [0.3, 0.4) is 0 Å². The average molecular weight is 599 g/mol. The van der Waals surface area contributed by atoms with E-state index >= 15 is 0 Å². The number of aryl methyl sites for hydroxylation is 2. The Hall–Kier alpha value is -2.71. The van der Waals surface area contributed by atoms with Gasteiger partial charge in [-0.05, 0) is 12.8 Å². The zero-order valence-electron chi connectivity index (χ0n) is 19.3. The zero-order chi connectivity index (χ0) is 27.2. The van der Waals surface area contributed by atoms with Gasteiger partial charge >= 0.3 is 8.25 Å². The number of fused-ring (bicyclic) bond motifs is 2. The zero-order valence-corrected chi connectivity index (χ0v) is 21.8. The first kappa shape index (κ1) is 28.3. The molecule has 18 heteroatoms. The largest absolute Gasteiger partial charge is 0.355 e. The monoisotopic (exact) mass is 598 g/mol. The molecule has 4 unspecified atom stereocenters. The lowest BCUT2D eigenvalue weighted by Gasteiger charge is -2.19. The highest BCUT2D eigenvalue weighted by molar-refractivity contribution is 7.33. The quantitative estimate of drug-likeness (QED) is 0.147. The second kappa shape index (κ2) is 12.9. The minimum absolute atomic E-state index is 0.0689. The predicted molar refractivity (Wildman–Crippen MR) is 133 cm³/mol. The second-order valence-corrected chi connectivity index (χ2v) is 9.77. The molecule has 2 aliphatic heterocycles. The van der Waals surface area contributed by atoms with Crippen LogP contribution in [-0.4, -0.2) is 44.0 Å². The Bertz CT molecular complexity index is 1180. The van der Waals surface area contributed by atoms with Gasteiger partial charge in [0.1, 0.15) is 22.4 Å². The number of aromatic nitrogens is 4. The van der Waals surface area contributed by atoms with Crippen LogP contribution in [-0.2, 0) is 26.7 Å². The standard InChI is InChI=1S/C20H21Cl2F4N8O3P/c21-17-15-19(29-7-27-17)33(9-31-15)3-1-11(5-13(23)24)36-38(35)37-12(6-14(25)26)2-4-34-10-32-16-18(22)28-8-30-20(16)34/h5-12,17-18,38H,1-4H2,(H,27,29)(H,28,30). The number of aliphatic imine (C=N–C) groups is 2. The molecule has 0 aromatic carbocycles. The lowest BCUT2D eigenvalue weighted by molar-refractivity contribution is 0.150. The lowest BCUT2D eigenvalue weighted by Crippen LogP contribution is -2.19. The summed E-state index contributed by atoms with van der Waals surface area (Å²) in [4.78, 5) is 16.6. The van der Waals surface area contributed by atoms with Gasteiger partial charge in [-0.3, -0.25) is 4.57 Å². The van der Waals surface area contributed by atoms with Crippen molar-refractivity contribution in [2.24, 2.45) is 9.98 Å². The first-order chi connectivity index (χ1) is 18.2. The number of nitrogens with zero attached hydrogens (tertiary/aromatic N) is 6. The van der Waals surface area contributed by atoms with Crippen LogP contribution in [0.2, 0.25) is 0 Å². The minimum Gasteiger partial charge on any atom is -0.355 e. The molecule has 4 heterocycles. The van der Waals surface area contributed by atoms with Gasteiger partial charge in [0.15, 0.2) is 11.6 Å². The molecule has 4 rings (SSSR count). The average Bonchev–Trinajstić information content (AvgIpc) is 3.46.